The van der Waals surface area contributed by atoms with Crippen molar-refractivity contribution in [3.63, 3.8) is 0 Å². The van der Waals surface area contributed by atoms with Crippen LogP contribution in [0, 0.1) is 5.92 Å². The van der Waals surface area contributed by atoms with Gasteiger partial charge in [-0.05, 0) is 37.5 Å². The van der Waals surface area contributed by atoms with E-state index in [2.05, 4.69) is 29.2 Å². The minimum atomic E-state index is -0.111. The van der Waals surface area contributed by atoms with E-state index < -0.39 is 0 Å². The Morgan fingerprint density at radius 2 is 2.12 bits per heavy atom. The number of para-hydroxylation sites is 2. The molecule has 2 heterocycles. The monoisotopic (exact) mass is 340 g/mol. The molecular weight excluding hydrogens is 316 g/mol. The van der Waals surface area contributed by atoms with Crippen LogP contribution in [0.3, 0.4) is 0 Å². The molecule has 132 valence electrons. The normalized spacial score (nSPS) is 11.4. The van der Waals surface area contributed by atoms with Gasteiger partial charge in [0.1, 0.15) is 11.2 Å². The summed E-state index contributed by atoms with van der Waals surface area (Å²) in [5, 5.41) is 7.44. The van der Waals surface area contributed by atoms with Gasteiger partial charge in [-0.25, -0.2) is 4.98 Å². The molecule has 0 aliphatic heterocycles. The Hall–Kier alpha value is -2.63. The zero-order valence-corrected chi connectivity index (χ0v) is 15.0. The summed E-state index contributed by atoms with van der Waals surface area (Å²) in [5.74, 6) is 1.03. The molecule has 0 radical (unpaired) electrons. The predicted octanol–water partition coefficient (Wildman–Crippen LogP) is 3.22. The van der Waals surface area contributed by atoms with Crippen molar-refractivity contribution in [1.82, 2.24) is 20.1 Å². The third-order valence-corrected chi connectivity index (χ3v) is 3.94. The molecule has 0 aliphatic rings. The van der Waals surface area contributed by atoms with Crippen molar-refractivity contribution in [2.75, 3.05) is 6.54 Å². The number of benzene rings is 1. The third kappa shape index (κ3) is 4.07. The molecule has 0 spiro atoms. The molecular formula is C19H24N4O2. The van der Waals surface area contributed by atoms with Crippen molar-refractivity contribution < 1.29 is 9.21 Å². The third-order valence-electron chi connectivity index (χ3n) is 3.94. The number of aryl methyl sites for hydroxylation is 1. The number of fused-ring (bicyclic) bond motifs is 1. The molecule has 2 aromatic heterocycles. The van der Waals surface area contributed by atoms with Gasteiger partial charge in [0.05, 0.1) is 5.69 Å². The molecule has 1 amide bonds. The van der Waals surface area contributed by atoms with Crippen molar-refractivity contribution >= 4 is 17.0 Å². The van der Waals surface area contributed by atoms with Crippen LogP contribution in [0.15, 0.2) is 34.7 Å². The number of oxazole rings is 1. The Bertz CT molecular complexity index is 830. The Morgan fingerprint density at radius 1 is 1.32 bits per heavy atom. The summed E-state index contributed by atoms with van der Waals surface area (Å²) in [6.45, 7) is 7.42. The Balaban J connectivity index is 1.61. The number of carbonyl (C=O) groups excluding carboxylic acids is 1. The van der Waals surface area contributed by atoms with Gasteiger partial charge in [-0.3, -0.25) is 9.48 Å². The quantitative estimate of drug-likeness (QED) is 0.717. The Morgan fingerprint density at radius 3 is 2.84 bits per heavy atom. The first-order valence-electron chi connectivity index (χ1n) is 8.76. The highest BCUT2D eigenvalue weighted by atomic mass is 16.3. The molecule has 3 aromatic rings. The molecule has 1 aromatic carbocycles. The van der Waals surface area contributed by atoms with E-state index in [1.165, 1.54) is 0 Å². The van der Waals surface area contributed by atoms with Gasteiger partial charge in [0, 0.05) is 19.5 Å². The van der Waals surface area contributed by atoms with Crippen LogP contribution in [0.4, 0.5) is 0 Å². The molecule has 0 fully saturated rings. The second kappa shape index (κ2) is 7.51. The topological polar surface area (TPSA) is 73.0 Å². The Labute approximate surface area is 147 Å². The maximum absolute atomic E-state index is 12.5. The summed E-state index contributed by atoms with van der Waals surface area (Å²) in [5.41, 5.74) is 3.18. The van der Waals surface area contributed by atoms with Crippen molar-refractivity contribution in [1.29, 1.82) is 0 Å². The van der Waals surface area contributed by atoms with Gasteiger partial charge in [0.15, 0.2) is 11.5 Å². The van der Waals surface area contributed by atoms with Crippen LogP contribution in [-0.4, -0.2) is 27.2 Å². The molecule has 0 aliphatic carbocycles. The molecule has 0 atom stereocenters. The van der Waals surface area contributed by atoms with Crippen molar-refractivity contribution in [2.45, 2.75) is 40.2 Å². The predicted molar refractivity (Wildman–Crippen MR) is 96.5 cm³/mol. The zero-order chi connectivity index (χ0) is 17.8. The summed E-state index contributed by atoms with van der Waals surface area (Å²) < 4.78 is 7.42. The van der Waals surface area contributed by atoms with Gasteiger partial charge < -0.3 is 9.73 Å². The Kier molecular flexibility index (Phi) is 5.16. The van der Waals surface area contributed by atoms with Gasteiger partial charge in [-0.2, -0.15) is 5.10 Å². The second-order valence-electron chi connectivity index (χ2n) is 6.52. The molecule has 25 heavy (non-hydrogen) atoms. The van der Waals surface area contributed by atoms with Gasteiger partial charge in [0.2, 0.25) is 0 Å². The van der Waals surface area contributed by atoms with E-state index in [-0.39, 0.29) is 5.91 Å². The highest BCUT2D eigenvalue weighted by Crippen LogP contribution is 2.15. The lowest BCUT2D eigenvalue weighted by molar-refractivity contribution is 0.0943. The van der Waals surface area contributed by atoms with Crippen molar-refractivity contribution in [3.8, 4) is 0 Å². The number of hydrogen-bond donors (Lipinski definition) is 1. The van der Waals surface area contributed by atoms with Gasteiger partial charge >= 0.3 is 0 Å². The van der Waals surface area contributed by atoms with Gasteiger partial charge in [0.25, 0.3) is 5.91 Å². The van der Waals surface area contributed by atoms with E-state index >= 15 is 0 Å². The lowest BCUT2D eigenvalue weighted by Gasteiger charge is -2.05. The summed E-state index contributed by atoms with van der Waals surface area (Å²) in [6, 6.07) is 9.53. The number of rotatable bonds is 7. The highest BCUT2D eigenvalue weighted by molar-refractivity contribution is 5.92. The molecule has 0 unspecified atom stereocenters. The first kappa shape index (κ1) is 17.2. The number of carbonyl (C=O) groups is 1. The minimum Gasteiger partial charge on any atom is -0.441 e. The molecule has 0 bridgehead atoms. The van der Waals surface area contributed by atoms with Crippen molar-refractivity contribution in [3.05, 3.63) is 47.6 Å². The average Bonchev–Trinajstić information content (AvgIpc) is 3.17. The number of nitrogens with one attached hydrogen (secondary N) is 1. The highest BCUT2D eigenvalue weighted by Gasteiger charge is 2.15. The van der Waals surface area contributed by atoms with Crippen LogP contribution in [0.1, 0.15) is 42.8 Å². The van der Waals surface area contributed by atoms with E-state index in [9.17, 15) is 4.79 Å². The fraction of sp³-hybridized carbons (Fsp3) is 0.421. The van der Waals surface area contributed by atoms with Crippen LogP contribution in [0.25, 0.3) is 11.1 Å². The fourth-order valence-electron chi connectivity index (χ4n) is 2.81. The molecule has 0 saturated heterocycles. The van der Waals surface area contributed by atoms with Crippen LogP contribution >= 0.6 is 0 Å². The SMILES string of the molecule is CCn1nc(CC(C)C)cc1C(=O)NCCc1nc2ccccc2o1. The second-order valence-corrected chi connectivity index (χ2v) is 6.52. The van der Waals surface area contributed by atoms with Crippen LogP contribution < -0.4 is 5.32 Å². The van der Waals surface area contributed by atoms with Gasteiger partial charge in [-0.15, -0.1) is 0 Å². The number of amides is 1. The fourth-order valence-corrected chi connectivity index (χ4v) is 2.81. The molecule has 6 nitrogen and oxygen atoms in total. The standard InChI is InChI=1S/C19H24N4O2/c1-4-23-16(12-14(22-23)11-13(2)3)19(24)20-10-9-18-21-15-7-5-6-8-17(15)25-18/h5-8,12-13H,4,9-11H2,1-3H3,(H,20,24). The van der Waals surface area contributed by atoms with Crippen LogP contribution in [0.2, 0.25) is 0 Å². The number of aromatic nitrogens is 3. The number of hydrogen-bond acceptors (Lipinski definition) is 4. The zero-order valence-electron chi connectivity index (χ0n) is 15.0. The van der Waals surface area contributed by atoms with E-state index in [0.717, 1.165) is 23.2 Å². The lowest BCUT2D eigenvalue weighted by Crippen LogP contribution is -2.28. The van der Waals surface area contributed by atoms with Gasteiger partial charge in [-0.1, -0.05) is 26.0 Å². The van der Waals surface area contributed by atoms with E-state index in [0.29, 0.717) is 37.0 Å². The molecule has 1 N–H and O–H groups in total. The summed E-state index contributed by atoms with van der Waals surface area (Å²) in [6.07, 6.45) is 1.43. The molecule has 3 rings (SSSR count). The van der Waals surface area contributed by atoms with E-state index in [1.54, 1.807) is 4.68 Å². The summed E-state index contributed by atoms with van der Waals surface area (Å²) >= 11 is 0. The van der Waals surface area contributed by atoms with E-state index in [4.69, 9.17) is 4.42 Å². The number of nitrogens with zero attached hydrogens (tertiary/aromatic N) is 3. The van der Waals surface area contributed by atoms with Crippen molar-refractivity contribution in [2.24, 2.45) is 5.92 Å². The van der Waals surface area contributed by atoms with Crippen LogP contribution in [-0.2, 0) is 19.4 Å². The summed E-state index contributed by atoms with van der Waals surface area (Å²) in [4.78, 5) is 16.9. The largest absolute Gasteiger partial charge is 0.441 e. The molecule has 6 heteroatoms. The maximum atomic E-state index is 12.5. The first-order chi connectivity index (χ1) is 12.1. The average molecular weight is 340 g/mol. The maximum Gasteiger partial charge on any atom is 0.269 e. The van der Waals surface area contributed by atoms with Crippen LogP contribution in [0.5, 0.6) is 0 Å². The first-order valence-corrected chi connectivity index (χ1v) is 8.76. The summed E-state index contributed by atoms with van der Waals surface area (Å²) in [7, 11) is 0. The smallest absolute Gasteiger partial charge is 0.269 e. The van der Waals surface area contributed by atoms with E-state index in [1.807, 2.05) is 37.3 Å². The molecule has 0 saturated carbocycles. The lowest BCUT2D eigenvalue weighted by atomic mass is 10.1. The minimum absolute atomic E-state index is 0.111.